The number of benzene rings is 12. The van der Waals surface area contributed by atoms with Crippen molar-refractivity contribution in [1.29, 1.82) is 0 Å². The van der Waals surface area contributed by atoms with Crippen LogP contribution in [-0.4, -0.2) is 0 Å². The SMILES string of the molecule is c1ccc(-c2cccc3c2sc2c(-c4cccc(-c5cccc(-c6cccc(-c7cccc(-c8cccc(-c9ccc%10c%11ccccc%11c%11ccccc%11c%10c9)c8)c7)c6)c5)c4)cccc23)cc1. The van der Waals surface area contributed by atoms with E-state index in [2.05, 4.69) is 255 Å². The minimum Gasteiger partial charge on any atom is -0.134 e. The van der Waals surface area contributed by atoms with Crippen LogP contribution in [0.3, 0.4) is 0 Å². The summed E-state index contributed by atoms with van der Waals surface area (Å²) in [5.74, 6) is 0. The Bertz CT molecular complexity index is 4000. The highest BCUT2D eigenvalue weighted by atomic mass is 32.1. The zero-order chi connectivity index (χ0) is 44.3. The van der Waals surface area contributed by atoms with E-state index in [1.54, 1.807) is 0 Å². The molecule has 0 unspecified atom stereocenters. The lowest BCUT2D eigenvalue weighted by atomic mass is 9.91. The molecule has 0 spiro atoms. The lowest BCUT2D eigenvalue weighted by Crippen LogP contribution is -1.86. The first-order valence-corrected chi connectivity index (χ1v) is 23.9. The molecule has 0 N–H and O–H groups in total. The molecule has 13 rings (SSSR count). The molecular formula is C66H42S. The van der Waals surface area contributed by atoms with Gasteiger partial charge in [0, 0.05) is 20.2 Å². The lowest BCUT2D eigenvalue weighted by molar-refractivity contribution is 1.56. The van der Waals surface area contributed by atoms with Crippen LogP contribution in [0.1, 0.15) is 0 Å². The minimum atomic E-state index is 1.20. The van der Waals surface area contributed by atoms with E-state index in [4.69, 9.17) is 0 Å². The molecule has 1 heteroatoms. The van der Waals surface area contributed by atoms with Crippen LogP contribution in [0.5, 0.6) is 0 Å². The van der Waals surface area contributed by atoms with E-state index < -0.39 is 0 Å². The first-order chi connectivity index (χ1) is 33.2. The molecule has 1 heterocycles. The van der Waals surface area contributed by atoms with Crippen molar-refractivity contribution in [3.05, 3.63) is 255 Å². The van der Waals surface area contributed by atoms with Gasteiger partial charge in [0.2, 0.25) is 0 Å². The number of fused-ring (bicyclic) bond motifs is 9. The number of hydrogen-bond acceptors (Lipinski definition) is 1. The number of thiophene rings is 1. The molecule has 13 aromatic rings. The third kappa shape index (κ3) is 6.91. The van der Waals surface area contributed by atoms with Gasteiger partial charge in [0.1, 0.15) is 0 Å². The summed E-state index contributed by atoms with van der Waals surface area (Å²) in [5.41, 5.74) is 17.1. The smallest absolute Gasteiger partial charge is 0.0434 e. The average molecular weight is 867 g/mol. The standard InChI is InChI=1S/C66H42S/c1-2-15-43(16-3-1)55-31-13-33-62-63-34-14-32-56(66(63)67-65(55)62)54-26-12-25-52(41-54)50-23-10-21-48(39-50)46-19-8-17-44(37-46)45-18-9-20-47(38-45)49-22-11-24-51(40-49)53-35-36-61-59-29-5-4-27-57(59)58-28-6-7-30-60(58)64(61)42-53/h1-42H. The quantitative estimate of drug-likeness (QED) is 0.140. The van der Waals surface area contributed by atoms with Gasteiger partial charge >= 0.3 is 0 Å². The molecular weight excluding hydrogens is 825 g/mol. The maximum Gasteiger partial charge on any atom is 0.0434 e. The second-order valence-corrected chi connectivity index (χ2v) is 18.6. The predicted molar refractivity (Wildman–Crippen MR) is 290 cm³/mol. The largest absolute Gasteiger partial charge is 0.134 e. The second kappa shape index (κ2) is 16.3. The summed E-state index contributed by atoms with van der Waals surface area (Å²) in [7, 11) is 0. The lowest BCUT2D eigenvalue weighted by Gasteiger charge is -2.13. The Morgan fingerprint density at radius 2 is 0.448 bits per heavy atom. The molecule has 0 saturated carbocycles. The monoisotopic (exact) mass is 866 g/mol. The first-order valence-electron chi connectivity index (χ1n) is 23.1. The summed E-state index contributed by atoms with van der Waals surface area (Å²) in [5, 5.41) is 10.4. The first kappa shape index (κ1) is 39.0. The van der Waals surface area contributed by atoms with Crippen LogP contribution in [-0.2, 0) is 0 Å². The normalized spacial score (nSPS) is 11.6. The maximum absolute atomic E-state index is 2.38. The summed E-state index contributed by atoms with van der Waals surface area (Å²) >= 11 is 1.90. The van der Waals surface area contributed by atoms with Gasteiger partial charge in [-0.1, -0.05) is 218 Å². The molecule has 0 fully saturated rings. The molecule has 67 heavy (non-hydrogen) atoms. The van der Waals surface area contributed by atoms with Crippen LogP contribution in [0, 0.1) is 0 Å². The molecule has 312 valence electrons. The topological polar surface area (TPSA) is 0 Å². The van der Waals surface area contributed by atoms with Crippen molar-refractivity contribution in [2.45, 2.75) is 0 Å². The Labute approximate surface area is 394 Å². The zero-order valence-corrected chi connectivity index (χ0v) is 37.5. The Hall–Kier alpha value is -8.36. The van der Waals surface area contributed by atoms with Crippen LogP contribution in [0.15, 0.2) is 255 Å². The van der Waals surface area contributed by atoms with Gasteiger partial charge in [0.05, 0.1) is 0 Å². The van der Waals surface area contributed by atoms with E-state index in [0.717, 1.165) is 0 Å². The fourth-order valence-corrected chi connectivity index (χ4v) is 11.7. The highest BCUT2D eigenvalue weighted by molar-refractivity contribution is 7.26. The van der Waals surface area contributed by atoms with Gasteiger partial charge < -0.3 is 0 Å². The van der Waals surface area contributed by atoms with Crippen molar-refractivity contribution in [1.82, 2.24) is 0 Å². The summed E-state index contributed by atoms with van der Waals surface area (Å²) in [6, 6.07) is 93.8. The maximum atomic E-state index is 2.38. The molecule has 0 atom stereocenters. The van der Waals surface area contributed by atoms with Crippen molar-refractivity contribution < 1.29 is 0 Å². The van der Waals surface area contributed by atoms with E-state index >= 15 is 0 Å². The highest BCUT2D eigenvalue weighted by Crippen LogP contribution is 2.45. The third-order valence-electron chi connectivity index (χ3n) is 13.6. The van der Waals surface area contributed by atoms with Crippen LogP contribution in [0.2, 0.25) is 0 Å². The van der Waals surface area contributed by atoms with Crippen molar-refractivity contribution in [3.63, 3.8) is 0 Å². The van der Waals surface area contributed by atoms with E-state index in [1.165, 1.54) is 130 Å². The fourth-order valence-electron chi connectivity index (χ4n) is 10.4. The van der Waals surface area contributed by atoms with Gasteiger partial charge in [-0.2, -0.15) is 0 Å². The van der Waals surface area contributed by atoms with Gasteiger partial charge in [-0.05, 0) is 147 Å². The minimum absolute atomic E-state index is 1.20. The van der Waals surface area contributed by atoms with Gasteiger partial charge in [-0.3, -0.25) is 0 Å². The fraction of sp³-hybridized carbons (Fsp3) is 0. The molecule has 0 aliphatic heterocycles. The number of hydrogen-bond donors (Lipinski definition) is 0. The van der Waals surface area contributed by atoms with Crippen LogP contribution >= 0.6 is 11.3 Å². The summed E-state index contributed by atoms with van der Waals surface area (Å²) in [6.07, 6.45) is 0. The van der Waals surface area contributed by atoms with Gasteiger partial charge in [-0.25, -0.2) is 0 Å². The Balaban J connectivity index is 0.806. The van der Waals surface area contributed by atoms with Gasteiger partial charge in [0.25, 0.3) is 0 Å². The summed E-state index contributed by atoms with van der Waals surface area (Å²) in [6.45, 7) is 0. The number of rotatable bonds is 7. The molecule has 0 amide bonds. The molecule has 0 radical (unpaired) electrons. The van der Waals surface area contributed by atoms with E-state index in [9.17, 15) is 0 Å². The Kier molecular flexibility index (Phi) is 9.48. The van der Waals surface area contributed by atoms with Gasteiger partial charge in [-0.15, -0.1) is 11.3 Å². The van der Waals surface area contributed by atoms with E-state index in [-0.39, 0.29) is 0 Å². The molecule has 0 bridgehead atoms. The Morgan fingerprint density at radius 3 is 0.881 bits per heavy atom. The molecule has 0 saturated heterocycles. The average Bonchev–Trinajstić information content (AvgIpc) is 3.81. The third-order valence-corrected chi connectivity index (χ3v) is 14.9. The molecule has 1 aromatic heterocycles. The Morgan fingerprint density at radius 1 is 0.164 bits per heavy atom. The highest BCUT2D eigenvalue weighted by Gasteiger charge is 2.15. The van der Waals surface area contributed by atoms with Crippen molar-refractivity contribution >= 4 is 63.8 Å². The van der Waals surface area contributed by atoms with E-state index in [0.29, 0.717) is 0 Å². The van der Waals surface area contributed by atoms with Crippen LogP contribution in [0.25, 0.3) is 130 Å². The van der Waals surface area contributed by atoms with Crippen LogP contribution in [0.4, 0.5) is 0 Å². The molecule has 0 aliphatic rings. The zero-order valence-electron chi connectivity index (χ0n) is 36.7. The molecule has 0 nitrogen and oxygen atoms in total. The second-order valence-electron chi connectivity index (χ2n) is 17.6. The van der Waals surface area contributed by atoms with Crippen LogP contribution < -0.4 is 0 Å². The van der Waals surface area contributed by atoms with Crippen molar-refractivity contribution in [2.24, 2.45) is 0 Å². The molecule has 12 aromatic carbocycles. The van der Waals surface area contributed by atoms with Crippen molar-refractivity contribution in [2.75, 3.05) is 0 Å². The predicted octanol–water partition coefficient (Wildman–Crippen LogP) is 19.2. The van der Waals surface area contributed by atoms with Crippen molar-refractivity contribution in [3.8, 4) is 77.9 Å². The molecule has 0 aliphatic carbocycles. The summed E-state index contributed by atoms with van der Waals surface area (Å²) < 4.78 is 2.66. The van der Waals surface area contributed by atoms with Gasteiger partial charge in [0.15, 0.2) is 0 Å². The van der Waals surface area contributed by atoms with E-state index in [1.807, 2.05) is 11.3 Å². The summed E-state index contributed by atoms with van der Waals surface area (Å²) in [4.78, 5) is 0.